The largest absolute Gasteiger partial charge is 1.00 e. The zero-order valence-corrected chi connectivity index (χ0v) is 53.0. The average Bonchev–Trinajstić information content (AvgIpc) is 3.22. The summed E-state index contributed by atoms with van der Waals surface area (Å²) in [6, 6.07) is 8.95. The Balaban J connectivity index is 0.00000648. The molecular formula is C44H52Na4O20S4. The van der Waals surface area contributed by atoms with Crippen molar-refractivity contribution in [2.75, 3.05) is 79.3 Å². The minimum Gasteiger partial charge on any atom is -0.744 e. The standard InChI is InChI=1S/C44H56O20S4.4Na/c1-5-57-9-13-61-37-21-29-17-31-23-38(62-14-10-58-6-2)25-33(42(31)66(48,49)50)19-35-27-40(64-16-12-60-8-4)28-36(44(35)68(54,55)56)20-34-26-39(63-15-11-59-7-3)24-32(43(34)67(51,52)53)18-30(22-37)41(29)65(45,46)47;;;;/h21-28H,5-20H2,1-4H3,(H,45,46,47)(H,48,49,50)(H,51,52,53)(H,54,55,56);;;;/q;4*+1/p-4. The fraction of sp³-hybridized carbons (Fsp3) is 0.455. The van der Waals surface area contributed by atoms with Crippen LogP contribution in [0.5, 0.6) is 23.0 Å². The van der Waals surface area contributed by atoms with E-state index in [1.165, 1.54) is 0 Å². The van der Waals surface area contributed by atoms with E-state index in [0.717, 1.165) is 48.5 Å². The van der Waals surface area contributed by atoms with Crippen molar-refractivity contribution in [2.45, 2.75) is 73.0 Å². The van der Waals surface area contributed by atoms with E-state index in [4.69, 9.17) is 37.9 Å². The Kier molecular flexibility index (Phi) is 30.8. The molecule has 4 aromatic carbocycles. The summed E-state index contributed by atoms with van der Waals surface area (Å²) in [7, 11) is -22.5. The number of fused-ring (bicyclic) bond motifs is 8. The molecule has 72 heavy (non-hydrogen) atoms. The van der Waals surface area contributed by atoms with Gasteiger partial charge in [0.2, 0.25) is 0 Å². The van der Waals surface area contributed by atoms with Crippen molar-refractivity contribution in [2.24, 2.45) is 0 Å². The first-order valence-electron chi connectivity index (χ1n) is 21.4. The van der Waals surface area contributed by atoms with Crippen molar-refractivity contribution in [1.29, 1.82) is 0 Å². The zero-order valence-electron chi connectivity index (χ0n) is 41.7. The predicted octanol–water partition coefficient (Wildman–Crippen LogP) is -8.34. The van der Waals surface area contributed by atoms with Crippen LogP contribution in [0.1, 0.15) is 72.2 Å². The molecule has 1 aliphatic carbocycles. The summed E-state index contributed by atoms with van der Waals surface area (Å²) in [5.74, 6) is -0.418. The summed E-state index contributed by atoms with van der Waals surface area (Å²) < 4.78 is 207. The van der Waals surface area contributed by atoms with Crippen molar-refractivity contribution >= 4 is 40.5 Å². The molecule has 0 saturated carbocycles. The van der Waals surface area contributed by atoms with E-state index in [1.54, 1.807) is 27.7 Å². The molecule has 0 fully saturated rings. The maximum atomic E-state index is 13.5. The molecular weight excluding hydrogens is 1070 g/mol. The molecule has 0 atom stereocenters. The van der Waals surface area contributed by atoms with E-state index in [0.29, 0.717) is 26.4 Å². The van der Waals surface area contributed by atoms with E-state index in [-0.39, 0.29) is 194 Å². The maximum Gasteiger partial charge on any atom is 1.00 e. The maximum absolute atomic E-state index is 13.5. The van der Waals surface area contributed by atoms with Crippen LogP contribution in [-0.4, -0.2) is 131 Å². The topological polar surface area (TPSA) is 303 Å². The average molecular weight is 1120 g/mol. The second-order valence-electron chi connectivity index (χ2n) is 15.0. The molecule has 0 aromatic heterocycles. The number of hydrogen-bond donors (Lipinski definition) is 0. The van der Waals surface area contributed by atoms with Crippen LogP contribution in [-0.2, 0) is 85.1 Å². The zero-order chi connectivity index (χ0) is 49.9. The van der Waals surface area contributed by atoms with Gasteiger partial charge in [-0.05, 0) is 121 Å². The molecule has 28 heteroatoms. The summed E-state index contributed by atoms with van der Waals surface area (Å²) in [6.07, 6.45) is -3.29. The SMILES string of the molecule is CCOCCOc1cc2c(S(=O)(=O)[O-])c(c1)Cc1cc(OCCOCC)cc(c1S(=O)(=O)[O-])Cc1cc(OCCOCC)cc(c1S(=O)(=O)[O-])Cc1cc(OCCOCC)cc(c1S(=O)(=O)[O-])C2.[Na+].[Na+].[Na+].[Na+]. The first kappa shape index (κ1) is 69.6. The van der Waals surface area contributed by atoms with E-state index in [2.05, 4.69) is 0 Å². The normalized spacial score (nSPS) is 12.6. The summed E-state index contributed by atoms with van der Waals surface area (Å²) >= 11 is 0. The van der Waals surface area contributed by atoms with Crippen molar-refractivity contribution in [3.8, 4) is 23.0 Å². The van der Waals surface area contributed by atoms with E-state index in [9.17, 15) is 51.9 Å². The fourth-order valence-corrected chi connectivity index (χ4v) is 11.4. The molecule has 376 valence electrons. The van der Waals surface area contributed by atoms with Gasteiger partial charge in [0.25, 0.3) is 0 Å². The van der Waals surface area contributed by atoms with Crippen LogP contribution in [0.25, 0.3) is 0 Å². The van der Waals surface area contributed by atoms with Gasteiger partial charge in [0.15, 0.2) is 0 Å². The van der Waals surface area contributed by atoms with Gasteiger partial charge in [-0.1, -0.05) is 0 Å². The Hall–Kier alpha value is -0.440. The van der Waals surface area contributed by atoms with Gasteiger partial charge in [-0.25, -0.2) is 33.7 Å². The molecule has 0 unspecified atom stereocenters. The third kappa shape index (κ3) is 20.1. The van der Waals surface area contributed by atoms with Gasteiger partial charge in [0, 0.05) is 52.1 Å². The van der Waals surface area contributed by atoms with Gasteiger partial charge in [0.05, 0.1) is 46.0 Å². The molecule has 0 spiro atoms. The Morgan fingerprint density at radius 3 is 0.597 bits per heavy atom. The van der Waals surface area contributed by atoms with Gasteiger partial charge >= 0.3 is 118 Å². The second kappa shape index (κ2) is 31.8. The van der Waals surface area contributed by atoms with Gasteiger partial charge < -0.3 is 56.1 Å². The number of benzene rings is 4. The Morgan fingerprint density at radius 1 is 0.319 bits per heavy atom. The molecule has 1 aliphatic rings. The van der Waals surface area contributed by atoms with E-state index in [1.807, 2.05) is 0 Å². The smallest absolute Gasteiger partial charge is 0.744 e. The molecule has 0 heterocycles. The first-order chi connectivity index (χ1) is 32.1. The summed E-state index contributed by atoms with van der Waals surface area (Å²) in [5.41, 5.74) is -3.41. The van der Waals surface area contributed by atoms with Gasteiger partial charge in [-0.3, -0.25) is 0 Å². The number of ether oxygens (including phenoxy) is 8. The van der Waals surface area contributed by atoms with E-state index < -0.39 is 130 Å². The molecule has 0 N–H and O–H groups in total. The first-order valence-corrected chi connectivity index (χ1v) is 27.0. The van der Waals surface area contributed by atoms with Crippen LogP contribution >= 0.6 is 0 Å². The molecule has 0 aliphatic heterocycles. The number of rotatable bonds is 24. The molecule has 8 bridgehead atoms. The van der Waals surface area contributed by atoms with Gasteiger partial charge in [-0.2, -0.15) is 0 Å². The molecule has 4 aromatic rings. The van der Waals surface area contributed by atoms with Crippen molar-refractivity contribution in [3.63, 3.8) is 0 Å². The van der Waals surface area contributed by atoms with Crippen LogP contribution in [0, 0.1) is 0 Å². The van der Waals surface area contributed by atoms with Crippen LogP contribution in [0.15, 0.2) is 68.1 Å². The third-order valence-corrected chi connectivity index (χ3v) is 14.3. The Morgan fingerprint density at radius 2 is 0.472 bits per heavy atom. The van der Waals surface area contributed by atoms with Crippen molar-refractivity contribution in [3.05, 3.63) is 93.0 Å². The summed E-state index contributed by atoms with van der Waals surface area (Å²) in [5, 5.41) is 0. The summed E-state index contributed by atoms with van der Waals surface area (Å²) in [6.45, 7) is 7.76. The van der Waals surface area contributed by atoms with Crippen LogP contribution < -0.4 is 137 Å². The van der Waals surface area contributed by atoms with Crippen LogP contribution in [0.4, 0.5) is 0 Å². The summed E-state index contributed by atoms with van der Waals surface area (Å²) in [4.78, 5) is -3.84. The minimum atomic E-state index is -5.62. The molecule has 20 nitrogen and oxygen atoms in total. The molecule has 0 saturated heterocycles. The Bertz CT molecular complexity index is 2400. The van der Waals surface area contributed by atoms with Crippen LogP contribution in [0.2, 0.25) is 0 Å². The van der Waals surface area contributed by atoms with Crippen molar-refractivity contribution < 1.29 is 208 Å². The number of hydrogen-bond acceptors (Lipinski definition) is 20. The van der Waals surface area contributed by atoms with Crippen molar-refractivity contribution in [1.82, 2.24) is 0 Å². The van der Waals surface area contributed by atoms with Gasteiger partial charge in [-0.15, -0.1) is 0 Å². The molecule has 0 radical (unpaired) electrons. The third-order valence-electron chi connectivity index (χ3n) is 10.2. The second-order valence-corrected chi connectivity index (χ2v) is 20.3. The Labute approximate surface area is 510 Å². The quantitative estimate of drug-likeness (QED) is 0.0315. The van der Waals surface area contributed by atoms with E-state index >= 15 is 0 Å². The monoisotopic (exact) mass is 1120 g/mol. The molecule has 5 rings (SSSR count). The van der Waals surface area contributed by atoms with Crippen LogP contribution in [0.3, 0.4) is 0 Å². The molecule has 0 amide bonds. The predicted molar refractivity (Wildman–Crippen MR) is 237 cm³/mol. The minimum absolute atomic E-state index is 0. The fourth-order valence-electron chi connectivity index (χ4n) is 7.83. The van der Waals surface area contributed by atoms with Gasteiger partial charge in [0.1, 0.15) is 89.9 Å².